The van der Waals surface area contributed by atoms with Crippen LogP contribution in [0.1, 0.15) is 23.7 Å². The highest BCUT2D eigenvalue weighted by atomic mass is 32.2. The van der Waals surface area contributed by atoms with Gasteiger partial charge in [-0.05, 0) is 54.8 Å². The SMILES string of the molecule is CCN(C(=O)C(Cc1cnn(Cc2ccccn2)c1)C(=O)NS(=O)(=O)/C=C/c1ccccc1)c1ccccc1. The lowest BCUT2D eigenvalue weighted by Crippen LogP contribution is -2.46. The Balaban J connectivity index is 1.57. The van der Waals surface area contributed by atoms with E-state index >= 15 is 0 Å². The molecule has 0 spiro atoms. The number of aromatic nitrogens is 3. The summed E-state index contributed by atoms with van der Waals surface area (Å²) in [6.45, 7) is 2.51. The van der Waals surface area contributed by atoms with Gasteiger partial charge in [0.25, 0.3) is 10.0 Å². The van der Waals surface area contributed by atoms with Crippen molar-refractivity contribution in [1.82, 2.24) is 19.5 Å². The first-order valence-electron chi connectivity index (χ1n) is 12.4. The lowest BCUT2D eigenvalue weighted by molar-refractivity contribution is -0.132. The molecule has 9 nitrogen and oxygen atoms in total. The van der Waals surface area contributed by atoms with Crippen LogP contribution < -0.4 is 9.62 Å². The van der Waals surface area contributed by atoms with Crippen molar-refractivity contribution in [3.63, 3.8) is 0 Å². The highest BCUT2D eigenvalue weighted by Gasteiger charge is 2.33. The molecule has 2 aromatic heterocycles. The zero-order chi connectivity index (χ0) is 27.7. The van der Waals surface area contributed by atoms with E-state index in [2.05, 4.69) is 14.8 Å². The first-order valence-corrected chi connectivity index (χ1v) is 14.0. The van der Waals surface area contributed by atoms with Crippen molar-refractivity contribution in [3.05, 3.63) is 120 Å². The highest BCUT2D eigenvalue weighted by molar-refractivity contribution is 7.93. The van der Waals surface area contributed by atoms with Crippen LogP contribution in [0.2, 0.25) is 0 Å². The van der Waals surface area contributed by atoms with Crippen LogP contribution in [-0.2, 0) is 32.6 Å². The van der Waals surface area contributed by atoms with Crippen LogP contribution in [0.4, 0.5) is 5.69 Å². The van der Waals surface area contributed by atoms with Gasteiger partial charge in [-0.2, -0.15) is 5.10 Å². The molecule has 4 rings (SSSR count). The van der Waals surface area contributed by atoms with Crippen molar-refractivity contribution in [2.45, 2.75) is 19.9 Å². The van der Waals surface area contributed by atoms with E-state index in [9.17, 15) is 18.0 Å². The summed E-state index contributed by atoms with van der Waals surface area (Å²) in [4.78, 5) is 32.8. The van der Waals surface area contributed by atoms with Gasteiger partial charge in [0.15, 0.2) is 0 Å². The van der Waals surface area contributed by atoms with Gasteiger partial charge in [0.05, 0.1) is 23.8 Å². The minimum absolute atomic E-state index is 0.0336. The summed E-state index contributed by atoms with van der Waals surface area (Å²) in [6.07, 6.45) is 6.34. The number of hydrogen-bond acceptors (Lipinski definition) is 6. The number of rotatable bonds is 11. The molecule has 2 aromatic carbocycles. The number of hydrogen-bond donors (Lipinski definition) is 1. The molecule has 2 heterocycles. The van der Waals surface area contributed by atoms with Gasteiger partial charge in [-0.1, -0.05) is 54.6 Å². The van der Waals surface area contributed by atoms with E-state index in [4.69, 9.17) is 0 Å². The summed E-state index contributed by atoms with van der Waals surface area (Å²) in [6, 6.07) is 23.3. The summed E-state index contributed by atoms with van der Waals surface area (Å²) >= 11 is 0. The van der Waals surface area contributed by atoms with Gasteiger partial charge in [0.1, 0.15) is 5.92 Å². The predicted octanol–water partition coefficient (Wildman–Crippen LogP) is 3.66. The first-order chi connectivity index (χ1) is 18.8. The Kier molecular flexibility index (Phi) is 9.01. The van der Waals surface area contributed by atoms with Crippen LogP contribution in [0.3, 0.4) is 0 Å². The van der Waals surface area contributed by atoms with Gasteiger partial charge in [-0.25, -0.2) is 13.1 Å². The molecule has 0 aliphatic rings. The molecule has 10 heteroatoms. The fraction of sp³-hybridized carbons (Fsp3) is 0.172. The molecule has 0 aliphatic heterocycles. The second-order valence-corrected chi connectivity index (χ2v) is 10.3. The average Bonchev–Trinajstić information content (AvgIpc) is 3.39. The lowest BCUT2D eigenvalue weighted by Gasteiger charge is -2.25. The first kappa shape index (κ1) is 27.5. The van der Waals surface area contributed by atoms with E-state index in [1.807, 2.05) is 30.3 Å². The summed E-state index contributed by atoms with van der Waals surface area (Å²) in [5, 5.41) is 5.25. The van der Waals surface area contributed by atoms with Gasteiger partial charge in [0.2, 0.25) is 11.8 Å². The maximum absolute atomic E-state index is 13.7. The number of anilines is 1. The third-order valence-corrected chi connectivity index (χ3v) is 6.90. The van der Waals surface area contributed by atoms with E-state index < -0.39 is 27.8 Å². The average molecular weight is 544 g/mol. The molecule has 1 unspecified atom stereocenters. The predicted molar refractivity (Wildman–Crippen MR) is 150 cm³/mol. The third-order valence-electron chi connectivity index (χ3n) is 5.92. The Morgan fingerprint density at radius 3 is 2.36 bits per heavy atom. The van der Waals surface area contributed by atoms with E-state index in [-0.39, 0.29) is 6.42 Å². The Morgan fingerprint density at radius 2 is 1.69 bits per heavy atom. The van der Waals surface area contributed by atoms with Crippen LogP contribution in [0.5, 0.6) is 0 Å². The minimum atomic E-state index is -4.16. The molecule has 0 fully saturated rings. The molecule has 0 aliphatic carbocycles. The van der Waals surface area contributed by atoms with Crippen LogP contribution in [0, 0.1) is 5.92 Å². The van der Waals surface area contributed by atoms with Crippen molar-refractivity contribution in [3.8, 4) is 0 Å². The Bertz CT molecular complexity index is 1520. The lowest BCUT2D eigenvalue weighted by atomic mass is 9.99. The van der Waals surface area contributed by atoms with Crippen molar-refractivity contribution in [2.24, 2.45) is 5.92 Å². The van der Waals surface area contributed by atoms with Crippen molar-refractivity contribution < 1.29 is 18.0 Å². The molecule has 0 radical (unpaired) electrons. The zero-order valence-corrected chi connectivity index (χ0v) is 22.2. The maximum Gasteiger partial charge on any atom is 0.257 e. The monoisotopic (exact) mass is 543 g/mol. The molecule has 39 heavy (non-hydrogen) atoms. The molecule has 0 saturated heterocycles. The van der Waals surface area contributed by atoms with E-state index in [0.29, 0.717) is 29.9 Å². The summed E-state index contributed by atoms with van der Waals surface area (Å²) < 4.78 is 29.2. The molecule has 2 amide bonds. The number of benzene rings is 2. The number of amides is 2. The number of carbonyl (C=O) groups excluding carboxylic acids is 2. The number of pyridine rings is 1. The standard InChI is InChI=1S/C29H29N5O4S/c1-2-34(26-14-7-4-8-15-26)29(36)27(19-24-20-31-33(21-24)22-25-13-9-10-17-30-25)28(35)32-39(37,38)18-16-23-11-5-3-6-12-23/h3-18,20-21,27H,2,19,22H2,1H3,(H,32,35)/b18-16+. The molecule has 200 valence electrons. The smallest absolute Gasteiger partial charge is 0.257 e. The normalized spacial score (nSPS) is 12.2. The highest BCUT2D eigenvalue weighted by Crippen LogP contribution is 2.20. The number of nitrogens with zero attached hydrogens (tertiary/aromatic N) is 4. The van der Waals surface area contributed by atoms with Crippen LogP contribution in [-0.4, -0.2) is 41.5 Å². The fourth-order valence-corrected chi connectivity index (χ4v) is 4.85. The molecule has 1 atom stereocenters. The molecule has 0 bridgehead atoms. The van der Waals surface area contributed by atoms with Crippen molar-refractivity contribution in [1.29, 1.82) is 0 Å². The fourth-order valence-electron chi connectivity index (χ4n) is 4.02. The van der Waals surface area contributed by atoms with Crippen LogP contribution in [0.15, 0.2) is 103 Å². The van der Waals surface area contributed by atoms with Gasteiger partial charge < -0.3 is 4.90 Å². The molecule has 4 aromatic rings. The molecular weight excluding hydrogens is 514 g/mol. The third kappa shape index (κ3) is 7.71. The number of para-hydroxylation sites is 1. The number of nitrogens with one attached hydrogen (secondary N) is 1. The van der Waals surface area contributed by atoms with Gasteiger partial charge in [-0.15, -0.1) is 0 Å². The minimum Gasteiger partial charge on any atom is -0.312 e. The van der Waals surface area contributed by atoms with E-state index in [0.717, 1.165) is 11.1 Å². The molecule has 0 saturated carbocycles. The second-order valence-electron chi connectivity index (χ2n) is 8.77. The molecule has 1 N–H and O–H groups in total. The van der Waals surface area contributed by atoms with E-state index in [1.165, 1.54) is 11.0 Å². The van der Waals surface area contributed by atoms with Crippen LogP contribution >= 0.6 is 0 Å². The number of sulfonamides is 1. The summed E-state index contributed by atoms with van der Waals surface area (Å²) in [5.41, 5.74) is 2.68. The maximum atomic E-state index is 13.7. The largest absolute Gasteiger partial charge is 0.312 e. The Labute approximate surface area is 227 Å². The van der Waals surface area contributed by atoms with E-state index in [1.54, 1.807) is 78.7 Å². The zero-order valence-electron chi connectivity index (χ0n) is 21.4. The Hall–Kier alpha value is -4.57. The quantitative estimate of drug-likeness (QED) is 0.289. The Morgan fingerprint density at radius 1 is 1.00 bits per heavy atom. The summed E-state index contributed by atoms with van der Waals surface area (Å²) in [5.74, 6) is -2.73. The summed E-state index contributed by atoms with van der Waals surface area (Å²) in [7, 11) is -4.16. The van der Waals surface area contributed by atoms with Gasteiger partial charge in [-0.3, -0.25) is 19.3 Å². The number of carbonyl (C=O) groups is 2. The van der Waals surface area contributed by atoms with Gasteiger partial charge in [0, 0.05) is 24.6 Å². The second kappa shape index (κ2) is 12.8. The topological polar surface area (TPSA) is 114 Å². The van der Waals surface area contributed by atoms with Crippen LogP contribution in [0.25, 0.3) is 6.08 Å². The van der Waals surface area contributed by atoms with Gasteiger partial charge >= 0.3 is 0 Å². The molecular formula is C29H29N5O4S. The van der Waals surface area contributed by atoms with Crippen molar-refractivity contribution in [2.75, 3.05) is 11.4 Å². The van der Waals surface area contributed by atoms with Crippen molar-refractivity contribution >= 4 is 33.6 Å².